The Hall–Kier alpha value is -3.00. The summed E-state index contributed by atoms with van der Waals surface area (Å²) in [6.45, 7) is 0. The predicted octanol–water partition coefficient (Wildman–Crippen LogP) is 1.84. The van der Waals surface area contributed by atoms with E-state index in [9.17, 15) is 5.21 Å². The average molecular weight is 308 g/mol. The topological polar surface area (TPSA) is 91.4 Å². The lowest BCUT2D eigenvalue weighted by molar-refractivity contribution is -0.593. The van der Waals surface area contributed by atoms with Gasteiger partial charge in [-0.3, -0.25) is 4.98 Å². The van der Waals surface area contributed by atoms with Crippen LogP contribution in [-0.2, 0) is 0 Å². The van der Waals surface area contributed by atoms with E-state index in [0.29, 0.717) is 34.1 Å². The Bertz CT molecular complexity index is 956. The van der Waals surface area contributed by atoms with Gasteiger partial charge >= 0.3 is 0 Å². The van der Waals surface area contributed by atoms with Crippen molar-refractivity contribution in [2.75, 3.05) is 0 Å². The summed E-state index contributed by atoms with van der Waals surface area (Å²) in [5.74, 6) is 0. The minimum absolute atomic E-state index is 0.394. The minimum Gasteiger partial charge on any atom is -0.618 e. The predicted molar refractivity (Wildman–Crippen MR) is 80.6 cm³/mol. The highest BCUT2D eigenvalue weighted by Gasteiger charge is 2.20. The van der Waals surface area contributed by atoms with Crippen LogP contribution < -0.4 is 4.73 Å². The molecule has 0 saturated carbocycles. The zero-order valence-corrected chi connectivity index (χ0v) is 11.9. The first-order chi connectivity index (χ1) is 10.8. The highest BCUT2D eigenvalue weighted by molar-refractivity contribution is 6.99. The first-order valence-electron chi connectivity index (χ1n) is 6.43. The van der Waals surface area contributed by atoms with Crippen LogP contribution in [0, 0.1) is 5.21 Å². The van der Waals surface area contributed by atoms with E-state index in [-0.39, 0.29) is 0 Å². The molecule has 0 unspecified atom stereocenters. The van der Waals surface area contributed by atoms with Crippen LogP contribution in [0.15, 0.2) is 48.8 Å². The SMILES string of the molecule is [O-][n+]1ccccc1-c1nc2nsnc2nc1-c1ccccn1. The van der Waals surface area contributed by atoms with Gasteiger partial charge in [0.1, 0.15) is 5.69 Å². The van der Waals surface area contributed by atoms with Gasteiger partial charge in [-0.25, -0.2) is 9.97 Å². The fourth-order valence-corrected chi connectivity index (χ4v) is 2.55. The lowest BCUT2D eigenvalue weighted by atomic mass is 10.1. The van der Waals surface area contributed by atoms with E-state index < -0.39 is 0 Å². The van der Waals surface area contributed by atoms with Gasteiger partial charge in [0.25, 0.3) is 0 Å². The summed E-state index contributed by atoms with van der Waals surface area (Å²) < 4.78 is 8.95. The van der Waals surface area contributed by atoms with Crippen LogP contribution in [0.25, 0.3) is 34.1 Å². The molecule has 4 aromatic heterocycles. The zero-order valence-electron chi connectivity index (χ0n) is 11.1. The van der Waals surface area contributed by atoms with Crippen molar-refractivity contribution in [3.05, 3.63) is 54.0 Å². The number of aromatic nitrogens is 6. The van der Waals surface area contributed by atoms with Crippen molar-refractivity contribution >= 4 is 23.0 Å². The molecule has 0 atom stereocenters. The lowest BCUT2D eigenvalue weighted by Gasteiger charge is -2.07. The molecule has 0 bridgehead atoms. The number of fused-ring (bicyclic) bond motifs is 1. The molecule has 4 rings (SSSR count). The smallest absolute Gasteiger partial charge is 0.244 e. The van der Waals surface area contributed by atoms with Crippen molar-refractivity contribution in [2.24, 2.45) is 0 Å². The first-order valence-corrected chi connectivity index (χ1v) is 7.16. The van der Waals surface area contributed by atoms with Gasteiger partial charge in [0, 0.05) is 18.3 Å². The van der Waals surface area contributed by atoms with Crippen LogP contribution in [0.5, 0.6) is 0 Å². The molecule has 106 valence electrons. The van der Waals surface area contributed by atoms with Crippen LogP contribution in [0.1, 0.15) is 0 Å². The summed E-state index contributed by atoms with van der Waals surface area (Å²) in [4.78, 5) is 13.2. The van der Waals surface area contributed by atoms with Crippen molar-refractivity contribution in [2.45, 2.75) is 0 Å². The Balaban J connectivity index is 2.06. The average Bonchev–Trinajstić information content (AvgIpc) is 3.02. The molecular weight excluding hydrogens is 300 g/mol. The maximum atomic E-state index is 12.1. The van der Waals surface area contributed by atoms with Crippen LogP contribution in [0.4, 0.5) is 0 Å². The summed E-state index contributed by atoms with van der Waals surface area (Å²) in [7, 11) is 0. The third-order valence-corrected chi connectivity index (χ3v) is 3.60. The Morgan fingerprint density at radius 1 is 0.909 bits per heavy atom. The molecular formula is C14H8N6OS. The van der Waals surface area contributed by atoms with Crippen LogP contribution in [0.3, 0.4) is 0 Å². The Morgan fingerprint density at radius 3 is 2.41 bits per heavy atom. The highest BCUT2D eigenvalue weighted by Crippen LogP contribution is 2.27. The minimum atomic E-state index is 0.394. The van der Waals surface area contributed by atoms with E-state index in [4.69, 9.17) is 0 Å². The fraction of sp³-hybridized carbons (Fsp3) is 0. The summed E-state index contributed by atoms with van der Waals surface area (Å²) in [6, 6.07) is 10.6. The Morgan fingerprint density at radius 2 is 1.68 bits per heavy atom. The number of pyridine rings is 2. The van der Waals surface area contributed by atoms with Crippen LogP contribution >= 0.6 is 11.7 Å². The maximum absolute atomic E-state index is 12.1. The molecule has 7 nitrogen and oxygen atoms in total. The normalized spacial score (nSPS) is 10.9. The van der Waals surface area contributed by atoms with Gasteiger partial charge in [0.05, 0.1) is 17.4 Å². The fourth-order valence-electron chi connectivity index (χ4n) is 2.11. The quantitative estimate of drug-likeness (QED) is 0.414. The zero-order chi connectivity index (χ0) is 14.9. The van der Waals surface area contributed by atoms with E-state index in [1.54, 1.807) is 24.4 Å². The molecule has 4 heterocycles. The largest absolute Gasteiger partial charge is 0.618 e. The van der Waals surface area contributed by atoms with Crippen LogP contribution in [0.2, 0.25) is 0 Å². The molecule has 0 fully saturated rings. The monoisotopic (exact) mass is 308 g/mol. The summed E-state index contributed by atoms with van der Waals surface area (Å²) in [5, 5.41) is 12.1. The van der Waals surface area contributed by atoms with E-state index in [1.807, 2.05) is 18.2 Å². The molecule has 4 aromatic rings. The second-order valence-electron chi connectivity index (χ2n) is 4.46. The molecule has 0 radical (unpaired) electrons. The first kappa shape index (κ1) is 12.7. The van der Waals surface area contributed by atoms with Gasteiger partial charge in [-0.15, -0.1) is 0 Å². The maximum Gasteiger partial charge on any atom is 0.244 e. The Kier molecular flexibility index (Phi) is 2.94. The third kappa shape index (κ3) is 2.06. The van der Waals surface area contributed by atoms with E-state index >= 15 is 0 Å². The molecule has 0 amide bonds. The summed E-state index contributed by atoms with van der Waals surface area (Å²) >= 11 is 1.03. The molecule has 8 heteroatoms. The third-order valence-electron chi connectivity index (χ3n) is 3.09. The van der Waals surface area contributed by atoms with E-state index in [2.05, 4.69) is 23.7 Å². The number of rotatable bonds is 2. The molecule has 0 saturated heterocycles. The summed E-state index contributed by atoms with van der Waals surface area (Å²) in [5.41, 5.74) is 2.84. The second-order valence-corrected chi connectivity index (χ2v) is 4.99. The van der Waals surface area contributed by atoms with Gasteiger partial charge in [-0.05, 0) is 18.2 Å². The van der Waals surface area contributed by atoms with E-state index in [1.165, 1.54) is 6.20 Å². The van der Waals surface area contributed by atoms with Crippen molar-refractivity contribution in [3.8, 4) is 22.8 Å². The summed E-state index contributed by atoms with van der Waals surface area (Å²) in [6.07, 6.45) is 3.09. The van der Waals surface area contributed by atoms with Gasteiger partial charge in [0.15, 0.2) is 11.9 Å². The Labute approximate surface area is 128 Å². The molecule has 22 heavy (non-hydrogen) atoms. The van der Waals surface area contributed by atoms with Crippen LogP contribution in [-0.4, -0.2) is 23.7 Å². The number of hydrogen-bond acceptors (Lipinski definition) is 7. The highest BCUT2D eigenvalue weighted by atomic mass is 32.1. The van der Waals surface area contributed by atoms with Gasteiger partial charge in [-0.1, -0.05) is 6.07 Å². The number of hydrogen-bond donors (Lipinski definition) is 0. The number of nitrogens with zero attached hydrogens (tertiary/aromatic N) is 6. The van der Waals surface area contributed by atoms with Crippen molar-refractivity contribution in [1.82, 2.24) is 23.7 Å². The van der Waals surface area contributed by atoms with Gasteiger partial charge in [0.2, 0.25) is 17.0 Å². The van der Waals surface area contributed by atoms with E-state index in [0.717, 1.165) is 16.5 Å². The van der Waals surface area contributed by atoms with Crippen molar-refractivity contribution in [1.29, 1.82) is 0 Å². The molecule has 0 N–H and O–H groups in total. The molecule has 0 aliphatic rings. The lowest BCUT2D eigenvalue weighted by Crippen LogP contribution is -2.28. The molecule has 0 spiro atoms. The molecule has 0 aliphatic heterocycles. The standard InChI is InChI=1S/C14H8N6OS/c21-20-8-4-2-6-10(20)12-11(9-5-1-3-7-15-9)16-13-14(17-12)19-22-18-13/h1-8H. The second kappa shape index (κ2) is 5.08. The van der Waals surface area contributed by atoms with Crippen molar-refractivity contribution in [3.63, 3.8) is 0 Å². The van der Waals surface area contributed by atoms with Gasteiger partial charge in [-0.2, -0.15) is 13.5 Å². The molecule has 0 aromatic carbocycles. The van der Waals surface area contributed by atoms with Gasteiger partial charge < -0.3 is 5.21 Å². The molecule has 0 aliphatic carbocycles. The van der Waals surface area contributed by atoms with Crippen molar-refractivity contribution < 1.29 is 4.73 Å².